The number of carbonyl (C=O) groups excluding carboxylic acids is 1. The molecule has 2 aromatic carbocycles. The highest BCUT2D eigenvalue weighted by Crippen LogP contribution is 2.25. The molecule has 0 saturated carbocycles. The Bertz CT molecular complexity index is 1000. The third kappa shape index (κ3) is 5.32. The second-order valence-electron chi connectivity index (χ2n) is 6.50. The molecule has 0 saturated heterocycles. The summed E-state index contributed by atoms with van der Waals surface area (Å²) in [4.78, 5) is 12.2. The van der Waals surface area contributed by atoms with Gasteiger partial charge in [0.15, 0.2) is 11.0 Å². The molecule has 0 fully saturated rings. The van der Waals surface area contributed by atoms with Crippen LogP contribution in [0.2, 0.25) is 0 Å². The molecule has 1 heterocycles. The number of halogens is 1. The number of hydrogen-bond acceptors (Lipinski definition) is 4. The molecule has 1 aromatic heterocycles. The zero-order chi connectivity index (χ0) is 20.6. The lowest BCUT2D eigenvalue weighted by atomic mass is 10.1. The molecule has 0 radical (unpaired) electrons. The predicted octanol–water partition coefficient (Wildman–Crippen LogP) is 4.03. The molecule has 0 aliphatic carbocycles. The summed E-state index contributed by atoms with van der Waals surface area (Å²) in [6.45, 7) is 6.81. The zero-order valence-electron chi connectivity index (χ0n) is 16.3. The summed E-state index contributed by atoms with van der Waals surface area (Å²) in [5, 5.41) is 11.8. The lowest BCUT2D eigenvalue weighted by Gasteiger charge is -2.09. The van der Waals surface area contributed by atoms with Gasteiger partial charge in [0, 0.05) is 13.1 Å². The van der Waals surface area contributed by atoms with Crippen molar-refractivity contribution in [3.63, 3.8) is 0 Å². The van der Waals surface area contributed by atoms with Crippen molar-refractivity contribution in [1.82, 2.24) is 20.1 Å². The van der Waals surface area contributed by atoms with Crippen LogP contribution in [0.3, 0.4) is 0 Å². The van der Waals surface area contributed by atoms with Crippen LogP contribution in [0.1, 0.15) is 11.1 Å². The molecule has 0 spiro atoms. The number of nitrogens with one attached hydrogen (secondary N) is 1. The van der Waals surface area contributed by atoms with Crippen molar-refractivity contribution >= 4 is 17.7 Å². The van der Waals surface area contributed by atoms with Gasteiger partial charge in [0.05, 0.1) is 11.3 Å². The van der Waals surface area contributed by atoms with Gasteiger partial charge in [0.1, 0.15) is 5.82 Å². The van der Waals surface area contributed by atoms with Crippen molar-refractivity contribution in [3.05, 3.63) is 78.1 Å². The molecule has 29 heavy (non-hydrogen) atoms. The van der Waals surface area contributed by atoms with E-state index < -0.39 is 0 Å². The van der Waals surface area contributed by atoms with Crippen molar-refractivity contribution in [2.24, 2.45) is 0 Å². The molecule has 5 nitrogen and oxygen atoms in total. The summed E-state index contributed by atoms with van der Waals surface area (Å²) in [6.07, 6.45) is 2.48. The Kier molecular flexibility index (Phi) is 7.19. The van der Waals surface area contributed by atoms with Gasteiger partial charge in [0.25, 0.3) is 0 Å². The summed E-state index contributed by atoms with van der Waals surface area (Å²) in [6, 6.07) is 14.6. The average molecular weight is 411 g/mol. The first-order valence-electron chi connectivity index (χ1n) is 9.33. The number of benzene rings is 2. The van der Waals surface area contributed by atoms with Gasteiger partial charge in [-0.25, -0.2) is 4.39 Å². The van der Waals surface area contributed by atoms with Crippen LogP contribution in [0.4, 0.5) is 4.39 Å². The molecule has 0 atom stereocenters. The number of allylic oxidation sites excluding steroid dienone is 1. The van der Waals surface area contributed by atoms with Gasteiger partial charge < -0.3 is 5.32 Å². The predicted molar refractivity (Wildman–Crippen MR) is 114 cm³/mol. The highest BCUT2D eigenvalue weighted by Gasteiger charge is 2.17. The lowest BCUT2D eigenvalue weighted by molar-refractivity contribution is -0.118. The number of carbonyl (C=O) groups is 1. The maximum Gasteiger partial charge on any atom is 0.230 e. The Morgan fingerprint density at radius 3 is 2.72 bits per heavy atom. The van der Waals surface area contributed by atoms with E-state index in [2.05, 4.69) is 41.1 Å². The van der Waals surface area contributed by atoms with Gasteiger partial charge in [-0.3, -0.25) is 9.36 Å². The highest BCUT2D eigenvalue weighted by atomic mass is 32.2. The fourth-order valence-electron chi connectivity index (χ4n) is 2.94. The molecule has 1 amide bonds. The standard InChI is InChI=1S/C22H23FN4OS/c1-3-14-27-21(18-10-6-7-11-19(18)23)25-26-22(27)29-15-20(28)24-13-12-17-9-5-4-8-16(17)2/h3-11H,1,12-15H2,2H3,(H,24,28). The first-order chi connectivity index (χ1) is 14.1. The molecule has 0 aliphatic rings. The second-order valence-corrected chi connectivity index (χ2v) is 7.44. The summed E-state index contributed by atoms with van der Waals surface area (Å²) in [7, 11) is 0. The largest absolute Gasteiger partial charge is 0.355 e. The molecule has 0 bridgehead atoms. The fourth-order valence-corrected chi connectivity index (χ4v) is 3.72. The van der Waals surface area contributed by atoms with Gasteiger partial charge in [-0.1, -0.05) is 54.2 Å². The maximum absolute atomic E-state index is 14.1. The zero-order valence-corrected chi connectivity index (χ0v) is 17.1. The van der Waals surface area contributed by atoms with Gasteiger partial charge >= 0.3 is 0 Å². The van der Waals surface area contributed by atoms with Crippen molar-refractivity contribution in [3.8, 4) is 11.4 Å². The second kappa shape index (κ2) is 10.0. The smallest absolute Gasteiger partial charge is 0.230 e. The highest BCUT2D eigenvalue weighted by molar-refractivity contribution is 7.99. The van der Waals surface area contributed by atoms with Gasteiger partial charge in [0.2, 0.25) is 5.91 Å². The molecule has 1 N–H and O–H groups in total. The van der Waals surface area contributed by atoms with E-state index in [4.69, 9.17) is 0 Å². The molecule has 0 unspecified atom stereocenters. The van der Waals surface area contributed by atoms with Crippen LogP contribution < -0.4 is 5.32 Å². The van der Waals surface area contributed by atoms with E-state index in [1.807, 2.05) is 12.1 Å². The van der Waals surface area contributed by atoms with E-state index in [0.29, 0.717) is 29.6 Å². The Hall–Kier alpha value is -2.93. The van der Waals surface area contributed by atoms with Gasteiger partial charge in [-0.05, 0) is 36.6 Å². The van der Waals surface area contributed by atoms with E-state index in [-0.39, 0.29) is 17.5 Å². The van der Waals surface area contributed by atoms with E-state index in [9.17, 15) is 9.18 Å². The normalized spacial score (nSPS) is 10.7. The number of thioether (sulfide) groups is 1. The van der Waals surface area contributed by atoms with Crippen molar-refractivity contribution in [1.29, 1.82) is 0 Å². The lowest BCUT2D eigenvalue weighted by Crippen LogP contribution is -2.27. The Morgan fingerprint density at radius 2 is 1.97 bits per heavy atom. The average Bonchev–Trinajstić information content (AvgIpc) is 3.11. The van der Waals surface area contributed by atoms with E-state index in [0.717, 1.165) is 6.42 Å². The van der Waals surface area contributed by atoms with Gasteiger partial charge in [-0.15, -0.1) is 16.8 Å². The van der Waals surface area contributed by atoms with E-state index >= 15 is 0 Å². The molecule has 0 aliphatic heterocycles. The Morgan fingerprint density at radius 1 is 1.21 bits per heavy atom. The van der Waals surface area contributed by atoms with Gasteiger partial charge in [-0.2, -0.15) is 0 Å². The molecular weight excluding hydrogens is 387 g/mol. The first-order valence-corrected chi connectivity index (χ1v) is 10.3. The van der Waals surface area contributed by atoms with Crippen LogP contribution in [-0.2, 0) is 17.8 Å². The molecule has 3 rings (SSSR count). The molecule has 3 aromatic rings. The van der Waals surface area contributed by atoms with Crippen LogP contribution in [0, 0.1) is 12.7 Å². The third-order valence-electron chi connectivity index (χ3n) is 4.45. The molecule has 150 valence electrons. The van der Waals surface area contributed by atoms with Crippen LogP contribution in [0.15, 0.2) is 66.3 Å². The van der Waals surface area contributed by atoms with Crippen molar-refractivity contribution < 1.29 is 9.18 Å². The molecular formula is C22H23FN4OS. The first kappa shape index (κ1) is 20.8. The number of amides is 1. The fraction of sp³-hybridized carbons (Fsp3) is 0.227. The number of nitrogens with zero attached hydrogens (tertiary/aromatic N) is 3. The van der Waals surface area contributed by atoms with Crippen LogP contribution in [0.25, 0.3) is 11.4 Å². The van der Waals surface area contributed by atoms with Crippen molar-refractivity contribution in [2.45, 2.75) is 25.0 Å². The SMILES string of the molecule is C=CCn1c(SCC(=O)NCCc2ccccc2C)nnc1-c1ccccc1F. The topological polar surface area (TPSA) is 59.8 Å². The maximum atomic E-state index is 14.1. The van der Waals surface area contributed by atoms with E-state index in [1.165, 1.54) is 29.0 Å². The minimum absolute atomic E-state index is 0.0795. The van der Waals surface area contributed by atoms with Crippen LogP contribution in [-0.4, -0.2) is 33.0 Å². The summed E-state index contributed by atoms with van der Waals surface area (Å²) in [5.74, 6) is 0.186. The summed E-state index contributed by atoms with van der Waals surface area (Å²) < 4.78 is 15.9. The summed E-state index contributed by atoms with van der Waals surface area (Å²) in [5.41, 5.74) is 2.81. The van der Waals surface area contributed by atoms with Crippen LogP contribution >= 0.6 is 11.8 Å². The minimum Gasteiger partial charge on any atom is -0.355 e. The monoisotopic (exact) mass is 410 g/mol. The summed E-state index contributed by atoms with van der Waals surface area (Å²) >= 11 is 1.27. The number of aromatic nitrogens is 3. The minimum atomic E-state index is -0.365. The third-order valence-corrected chi connectivity index (χ3v) is 5.42. The quantitative estimate of drug-likeness (QED) is 0.427. The number of rotatable bonds is 9. The van der Waals surface area contributed by atoms with Crippen molar-refractivity contribution in [2.75, 3.05) is 12.3 Å². The van der Waals surface area contributed by atoms with Crippen LogP contribution in [0.5, 0.6) is 0 Å². The Balaban J connectivity index is 1.60. The number of hydrogen-bond donors (Lipinski definition) is 1. The number of aryl methyl sites for hydroxylation is 1. The molecule has 7 heteroatoms. The Labute approximate surface area is 174 Å². The van der Waals surface area contributed by atoms with E-state index in [1.54, 1.807) is 28.8 Å².